The maximum absolute atomic E-state index is 12.5. The van der Waals surface area contributed by atoms with E-state index in [-0.39, 0.29) is 24.0 Å². The van der Waals surface area contributed by atoms with Crippen LogP contribution in [-0.4, -0.2) is 29.3 Å². The number of rotatable bonds is 8. The van der Waals surface area contributed by atoms with E-state index in [1.165, 1.54) is 42.5 Å². The van der Waals surface area contributed by atoms with Crippen LogP contribution in [0, 0.1) is 0 Å². The molecule has 1 aromatic heterocycles. The molecule has 0 fully saturated rings. The van der Waals surface area contributed by atoms with Crippen LogP contribution in [0.4, 0.5) is 13.2 Å². The highest BCUT2D eigenvalue weighted by Crippen LogP contribution is 2.27. The Labute approximate surface area is 192 Å². The molecule has 0 aliphatic heterocycles. The smallest absolute Gasteiger partial charge is 0.406 e. The number of carbonyl (C=O) groups excluding carboxylic acids is 2. The highest BCUT2D eigenvalue weighted by molar-refractivity contribution is 7.07. The first-order chi connectivity index (χ1) is 15.7. The number of hydrogen-bond acceptors (Lipinski definition) is 4. The molecule has 174 valence electrons. The fourth-order valence-corrected chi connectivity index (χ4v) is 4.06. The first-order valence-corrected chi connectivity index (χ1v) is 11.0. The van der Waals surface area contributed by atoms with Gasteiger partial charge in [-0.3, -0.25) is 9.59 Å². The summed E-state index contributed by atoms with van der Waals surface area (Å²) >= 11 is 1.27. The zero-order chi connectivity index (χ0) is 23.8. The molecule has 0 bridgehead atoms. The average molecular weight is 478 g/mol. The molecule has 0 saturated heterocycles. The second kappa shape index (κ2) is 11.0. The van der Waals surface area contributed by atoms with Gasteiger partial charge in [-0.2, -0.15) is 4.99 Å². The Hall–Kier alpha value is -3.40. The minimum absolute atomic E-state index is 0.145. The van der Waals surface area contributed by atoms with E-state index in [9.17, 15) is 22.8 Å². The van der Waals surface area contributed by atoms with Gasteiger partial charge in [-0.25, -0.2) is 0 Å². The van der Waals surface area contributed by atoms with Gasteiger partial charge in [0.05, 0.1) is 12.1 Å². The molecule has 1 N–H and O–H groups in total. The quantitative estimate of drug-likeness (QED) is 0.492. The van der Waals surface area contributed by atoms with Gasteiger partial charge in [-0.05, 0) is 41.8 Å². The van der Waals surface area contributed by atoms with E-state index in [2.05, 4.69) is 15.0 Å². The lowest BCUT2D eigenvalue weighted by molar-refractivity contribution is -0.274. The molecule has 0 saturated carbocycles. The number of carbonyl (C=O) groups is 2. The molecule has 3 rings (SSSR count). The van der Waals surface area contributed by atoms with Gasteiger partial charge in [0.1, 0.15) is 5.75 Å². The van der Waals surface area contributed by atoms with Crippen molar-refractivity contribution in [1.82, 2.24) is 9.88 Å². The van der Waals surface area contributed by atoms with Crippen LogP contribution in [0.25, 0.3) is 11.3 Å². The van der Waals surface area contributed by atoms with E-state index in [1.54, 1.807) is 5.38 Å². The number of alkyl halides is 3. The second-order valence-corrected chi connectivity index (χ2v) is 7.97. The number of ether oxygens (including phenoxy) is 1. The van der Waals surface area contributed by atoms with Crippen molar-refractivity contribution in [2.45, 2.75) is 32.7 Å². The summed E-state index contributed by atoms with van der Waals surface area (Å²) in [6.07, 6.45) is -4.03. The number of amides is 2. The minimum atomic E-state index is -4.77. The fourth-order valence-electron chi connectivity index (χ4n) is 3.11. The van der Waals surface area contributed by atoms with E-state index in [4.69, 9.17) is 0 Å². The lowest BCUT2D eigenvalue weighted by Crippen LogP contribution is -2.24. The van der Waals surface area contributed by atoms with E-state index in [1.807, 2.05) is 34.9 Å². The lowest BCUT2D eigenvalue weighted by Gasteiger charge is -2.11. The standard InChI is InChI=1S/C23H22F3N3O3S/c1-16(30)27-12-5-13-29-20(18-8-10-19(11-9-18)32-23(24,25)26)15-33-22(29)28-21(31)14-17-6-3-2-4-7-17/h2-4,6-11,15H,5,12-14H2,1H3,(H,27,30). The molecule has 10 heteroatoms. The molecule has 3 aromatic rings. The summed E-state index contributed by atoms with van der Waals surface area (Å²) in [4.78, 5) is 28.4. The van der Waals surface area contributed by atoms with Crippen molar-refractivity contribution in [3.05, 3.63) is 70.3 Å². The van der Waals surface area contributed by atoms with Gasteiger partial charge in [0.25, 0.3) is 5.91 Å². The Morgan fingerprint density at radius 3 is 2.42 bits per heavy atom. The van der Waals surface area contributed by atoms with Crippen molar-refractivity contribution in [2.24, 2.45) is 4.99 Å². The average Bonchev–Trinajstić information content (AvgIpc) is 3.13. The predicted molar refractivity (Wildman–Crippen MR) is 118 cm³/mol. The van der Waals surface area contributed by atoms with Crippen molar-refractivity contribution < 1.29 is 27.5 Å². The molecule has 0 atom stereocenters. The summed E-state index contributed by atoms with van der Waals surface area (Å²) in [5.41, 5.74) is 2.20. The van der Waals surface area contributed by atoms with E-state index in [0.29, 0.717) is 35.6 Å². The van der Waals surface area contributed by atoms with Crippen molar-refractivity contribution >= 4 is 23.2 Å². The number of thiazole rings is 1. The third-order valence-electron chi connectivity index (χ3n) is 4.53. The molecule has 33 heavy (non-hydrogen) atoms. The van der Waals surface area contributed by atoms with E-state index >= 15 is 0 Å². The SMILES string of the molecule is CC(=O)NCCCn1c(-c2ccc(OC(F)(F)F)cc2)csc1=NC(=O)Cc1ccccc1. The fraction of sp³-hybridized carbons (Fsp3) is 0.261. The Balaban J connectivity index is 1.87. The van der Waals surface area contributed by atoms with Crippen molar-refractivity contribution in [3.63, 3.8) is 0 Å². The number of hydrogen-bond donors (Lipinski definition) is 1. The molecule has 0 aliphatic carbocycles. The summed E-state index contributed by atoms with van der Waals surface area (Å²) in [6, 6.07) is 14.8. The second-order valence-electron chi connectivity index (χ2n) is 7.13. The summed E-state index contributed by atoms with van der Waals surface area (Å²) < 4.78 is 43.1. The van der Waals surface area contributed by atoms with Gasteiger partial charge in [0, 0.05) is 25.4 Å². The van der Waals surface area contributed by atoms with E-state index in [0.717, 1.165) is 5.56 Å². The van der Waals surface area contributed by atoms with Crippen LogP contribution in [0.3, 0.4) is 0 Å². The predicted octanol–water partition coefficient (Wildman–Crippen LogP) is 4.31. The van der Waals surface area contributed by atoms with Gasteiger partial charge in [-0.1, -0.05) is 30.3 Å². The normalized spacial score (nSPS) is 11.9. The van der Waals surface area contributed by atoms with Gasteiger partial charge >= 0.3 is 6.36 Å². The highest BCUT2D eigenvalue weighted by atomic mass is 32.1. The number of benzene rings is 2. The highest BCUT2D eigenvalue weighted by Gasteiger charge is 2.31. The summed E-state index contributed by atoms with van der Waals surface area (Å²) in [5.74, 6) is -0.769. The first kappa shape index (κ1) is 24.2. The van der Waals surface area contributed by atoms with Crippen LogP contribution in [0.15, 0.2) is 65.0 Å². The lowest BCUT2D eigenvalue weighted by atomic mass is 10.1. The van der Waals surface area contributed by atoms with Crippen LogP contribution in [0.2, 0.25) is 0 Å². The molecule has 0 spiro atoms. The molecular formula is C23H22F3N3O3S. The van der Waals surface area contributed by atoms with Crippen molar-refractivity contribution in [1.29, 1.82) is 0 Å². The first-order valence-electron chi connectivity index (χ1n) is 10.1. The van der Waals surface area contributed by atoms with Gasteiger partial charge < -0.3 is 14.6 Å². The van der Waals surface area contributed by atoms with Crippen molar-refractivity contribution in [2.75, 3.05) is 6.54 Å². The zero-order valence-electron chi connectivity index (χ0n) is 17.8. The number of halogens is 3. The molecule has 0 radical (unpaired) electrons. The topological polar surface area (TPSA) is 72.7 Å². The van der Waals surface area contributed by atoms with Crippen molar-refractivity contribution in [3.8, 4) is 17.0 Å². The minimum Gasteiger partial charge on any atom is -0.406 e. The van der Waals surface area contributed by atoms with Crippen LogP contribution in [0.1, 0.15) is 18.9 Å². The zero-order valence-corrected chi connectivity index (χ0v) is 18.6. The number of aromatic nitrogens is 1. The largest absolute Gasteiger partial charge is 0.573 e. The molecule has 0 unspecified atom stereocenters. The Bertz CT molecular complexity index is 1150. The Morgan fingerprint density at radius 1 is 1.09 bits per heavy atom. The maximum atomic E-state index is 12.5. The maximum Gasteiger partial charge on any atom is 0.573 e. The monoisotopic (exact) mass is 477 g/mol. The summed E-state index contributed by atoms with van der Waals surface area (Å²) in [7, 11) is 0. The summed E-state index contributed by atoms with van der Waals surface area (Å²) in [6.45, 7) is 2.32. The number of nitrogens with zero attached hydrogens (tertiary/aromatic N) is 2. The van der Waals surface area contributed by atoms with Crippen LogP contribution >= 0.6 is 11.3 Å². The third-order valence-corrected chi connectivity index (χ3v) is 5.40. The third kappa shape index (κ3) is 7.60. The van der Waals surface area contributed by atoms with Gasteiger partial charge in [0.15, 0.2) is 4.80 Å². The molecular weight excluding hydrogens is 455 g/mol. The Kier molecular flexibility index (Phi) is 8.05. The summed E-state index contributed by atoms with van der Waals surface area (Å²) in [5, 5.41) is 4.52. The van der Waals surface area contributed by atoms with Gasteiger partial charge in [0.2, 0.25) is 5.91 Å². The number of nitrogens with one attached hydrogen (secondary N) is 1. The molecule has 1 heterocycles. The van der Waals surface area contributed by atoms with Crippen LogP contribution in [-0.2, 0) is 22.6 Å². The molecule has 0 aliphatic rings. The Morgan fingerprint density at radius 2 is 1.79 bits per heavy atom. The molecule has 6 nitrogen and oxygen atoms in total. The van der Waals surface area contributed by atoms with Crippen LogP contribution < -0.4 is 14.9 Å². The van der Waals surface area contributed by atoms with E-state index < -0.39 is 6.36 Å². The molecule has 2 aromatic carbocycles. The molecule has 2 amide bonds. The van der Waals surface area contributed by atoms with Gasteiger partial charge in [-0.15, -0.1) is 24.5 Å². The van der Waals surface area contributed by atoms with Crippen LogP contribution in [0.5, 0.6) is 5.75 Å².